The standard InChI is InChI=1S/C30H29BrN8O4/c1-14-26-19(8-20(34-14)17-11-32-15(2)33-12-17)25(29(42)43)37-38(26)13-24(40)39-21(9-30(3)10-22(30)39)28(41)36-27-18(16-4-5-16)6-7-23(31)35-27/h6-8,11-12,16,21-22H,4-5,9-10,13H2,1-3H3,(H,42,43)(H,35,36,41). The summed E-state index contributed by atoms with van der Waals surface area (Å²) in [6, 6.07) is 4.76. The topological polar surface area (TPSA) is 156 Å². The van der Waals surface area contributed by atoms with Crippen LogP contribution in [-0.2, 0) is 16.1 Å². The van der Waals surface area contributed by atoms with E-state index >= 15 is 0 Å². The molecule has 2 N–H and O–H groups in total. The van der Waals surface area contributed by atoms with Crippen LogP contribution in [0.5, 0.6) is 0 Å². The van der Waals surface area contributed by atoms with Crippen LogP contribution in [0.3, 0.4) is 0 Å². The smallest absolute Gasteiger partial charge is 0.357 e. The van der Waals surface area contributed by atoms with Gasteiger partial charge in [0.05, 0.1) is 16.9 Å². The van der Waals surface area contributed by atoms with E-state index in [2.05, 4.69) is 53.2 Å². The maximum absolute atomic E-state index is 13.9. The second-order valence-electron chi connectivity index (χ2n) is 12.0. The number of nitrogens with one attached hydrogen (secondary N) is 1. The molecule has 5 heterocycles. The maximum Gasteiger partial charge on any atom is 0.357 e. The number of halogens is 1. The first-order valence-corrected chi connectivity index (χ1v) is 15.0. The summed E-state index contributed by atoms with van der Waals surface area (Å²) in [4.78, 5) is 59.1. The molecule has 1 saturated heterocycles. The number of aromatic carboxylic acids is 1. The maximum atomic E-state index is 13.9. The number of likely N-dealkylation sites (tertiary alicyclic amines) is 1. The number of carboxylic acid groups (broad SMARTS) is 1. The fourth-order valence-corrected chi connectivity index (χ4v) is 6.69. The molecule has 4 aromatic heterocycles. The van der Waals surface area contributed by atoms with E-state index in [1.165, 1.54) is 4.68 Å². The Bertz CT molecular complexity index is 1840. The summed E-state index contributed by atoms with van der Waals surface area (Å²) < 4.78 is 2.02. The van der Waals surface area contributed by atoms with Crippen LogP contribution in [0, 0.1) is 19.3 Å². The number of fused-ring (bicyclic) bond motifs is 2. The van der Waals surface area contributed by atoms with Gasteiger partial charge in [0.1, 0.15) is 28.8 Å². The number of aryl methyl sites for hydroxylation is 2. The highest BCUT2D eigenvalue weighted by Crippen LogP contribution is 2.59. The van der Waals surface area contributed by atoms with Crippen molar-refractivity contribution in [1.29, 1.82) is 0 Å². The Kier molecular flexibility index (Phi) is 6.35. The molecular weight excluding hydrogens is 616 g/mol. The van der Waals surface area contributed by atoms with Crippen LogP contribution in [0.1, 0.15) is 66.1 Å². The number of hydrogen-bond donors (Lipinski definition) is 2. The normalized spacial score (nSPS) is 22.5. The van der Waals surface area contributed by atoms with Gasteiger partial charge in [0.25, 0.3) is 0 Å². The van der Waals surface area contributed by atoms with Gasteiger partial charge in [-0.05, 0) is 84.5 Å². The molecule has 2 saturated carbocycles. The SMILES string of the molecule is Cc1ncc(-c2cc3c(C(=O)O)nn(CC(=O)N4C(C(=O)Nc5nc(Br)ccc5C5CC5)CC5(C)CC45)c3c(C)n2)cn1. The fourth-order valence-electron chi connectivity index (χ4n) is 6.38. The third-order valence-electron chi connectivity index (χ3n) is 8.84. The highest BCUT2D eigenvalue weighted by Gasteiger charge is 2.64. The molecule has 43 heavy (non-hydrogen) atoms. The molecular formula is C30H29BrN8O4. The summed E-state index contributed by atoms with van der Waals surface area (Å²) in [5, 5.41) is 17.7. The van der Waals surface area contributed by atoms with E-state index in [0.29, 0.717) is 56.4 Å². The van der Waals surface area contributed by atoms with Crippen molar-refractivity contribution in [3.05, 3.63) is 58.0 Å². The summed E-state index contributed by atoms with van der Waals surface area (Å²) in [6.07, 6.45) is 6.74. The van der Waals surface area contributed by atoms with Crippen molar-refractivity contribution in [1.82, 2.24) is 34.6 Å². The van der Waals surface area contributed by atoms with Crippen LogP contribution >= 0.6 is 15.9 Å². The van der Waals surface area contributed by atoms with Crippen molar-refractivity contribution >= 4 is 50.4 Å². The van der Waals surface area contributed by atoms with Crippen molar-refractivity contribution in [2.24, 2.45) is 5.41 Å². The van der Waals surface area contributed by atoms with Crippen molar-refractivity contribution in [3.63, 3.8) is 0 Å². The Morgan fingerprint density at radius 3 is 2.56 bits per heavy atom. The molecule has 0 aromatic carbocycles. The van der Waals surface area contributed by atoms with Gasteiger partial charge >= 0.3 is 5.97 Å². The summed E-state index contributed by atoms with van der Waals surface area (Å²) in [5.74, 6) is -0.261. The molecule has 1 aliphatic heterocycles. The lowest BCUT2D eigenvalue weighted by Gasteiger charge is -2.27. The molecule has 0 radical (unpaired) electrons. The van der Waals surface area contributed by atoms with Crippen LogP contribution in [0.4, 0.5) is 5.82 Å². The largest absolute Gasteiger partial charge is 0.476 e. The molecule has 3 unspecified atom stereocenters. The molecule has 0 bridgehead atoms. The number of anilines is 1. The van der Waals surface area contributed by atoms with Crippen molar-refractivity contribution < 1.29 is 19.5 Å². The Morgan fingerprint density at radius 1 is 1.12 bits per heavy atom. The van der Waals surface area contributed by atoms with E-state index in [9.17, 15) is 19.5 Å². The predicted octanol–water partition coefficient (Wildman–Crippen LogP) is 4.26. The molecule has 2 aliphatic carbocycles. The number of carboxylic acids is 1. The number of aromatic nitrogens is 6. The van der Waals surface area contributed by atoms with Crippen LogP contribution in [-0.4, -0.2) is 69.6 Å². The second-order valence-corrected chi connectivity index (χ2v) is 12.9. The number of hydrogen-bond acceptors (Lipinski definition) is 8. The zero-order chi connectivity index (χ0) is 30.2. The Labute approximate surface area is 255 Å². The second kappa shape index (κ2) is 9.90. The van der Waals surface area contributed by atoms with Gasteiger partial charge in [-0.15, -0.1) is 0 Å². The van der Waals surface area contributed by atoms with Gasteiger partial charge in [-0.25, -0.2) is 19.7 Å². The van der Waals surface area contributed by atoms with Crippen LogP contribution in [0.15, 0.2) is 35.2 Å². The van der Waals surface area contributed by atoms with E-state index in [1.807, 2.05) is 12.1 Å². The summed E-state index contributed by atoms with van der Waals surface area (Å²) in [7, 11) is 0. The lowest BCUT2D eigenvalue weighted by molar-refractivity contribution is -0.138. The number of amides is 2. The minimum atomic E-state index is -1.21. The first-order valence-electron chi connectivity index (χ1n) is 14.2. The Balaban J connectivity index is 1.19. The summed E-state index contributed by atoms with van der Waals surface area (Å²) in [6.45, 7) is 5.39. The van der Waals surface area contributed by atoms with E-state index < -0.39 is 12.0 Å². The van der Waals surface area contributed by atoms with Gasteiger partial charge in [0, 0.05) is 29.4 Å². The summed E-state index contributed by atoms with van der Waals surface area (Å²) in [5.41, 5.74) is 2.81. The minimum Gasteiger partial charge on any atom is -0.476 e. The minimum absolute atomic E-state index is 0.0674. The first-order chi connectivity index (χ1) is 20.5. The average Bonchev–Trinajstić information content (AvgIpc) is 3.85. The van der Waals surface area contributed by atoms with Gasteiger partial charge in [-0.1, -0.05) is 13.0 Å². The highest BCUT2D eigenvalue weighted by atomic mass is 79.9. The number of piperidine rings is 1. The average molecular weight is 646 g/mol. The molecule has 3 aliphatic rings. The molecule has 12 nitrogen and oxygen atoms in total. The molecule has 3 fully saturated rings. The van der Waals surface area contributed by atoms with Crippen molar-refractivity contribution in [2.75, 3.05) is 5.32 Å². The Hall–Kier alpha value is -4.26. The fraction of sp³-hybridized carbons (Fsp3) is 0.400. The number of nitrogens with zero attached hydrogens (tertiary/aromatic N) is 7. The van der Waals surface area contributed by atoms with Gasteiger partial charge in [-0.2, -0.15) is 5.10 Å². The van der Waals surface area contributed by atoms with Gasteiger partial charge in [0.2, 0.25) is 11.8 Å². The van der Waals surface area contributed by atoms with E-state index in [-0.39, 0.29) is 35.5 Å². The van der Waals surface area contributed by atoms with E-state index in [4.69, 9.17) is 0 Å². The lowest BCUT2D eigenvalue weighted by Crippen LogP contribution is -2.47. The molecule has 220 valence electrons. The number of carbonyl (C=O) groups excluding carboxylic acids is 2. The molecule has 2 amide bonds. The first kappa shape index (κ1) is 27.6. The van der Waals surface area contributed by atoms with Gasteiger partial charge in [0.15, 0.2) is 5.69 Å². The third-order valence-corrected chi connectivity index (χ3v) is 9.28. The number of carbonyl (C=O) groups is 3. The molecule has 7 rings (SSSR count). The number of rotatable bonds is 7. The zero-order valence-electron chi connectivity index (χ0n) is 23.8. The highest BCUT2D eigenvalue weighted by molar-refractivity contribution is 9.10. The van der Waals surface area contributed by atoms with Crippen LogP contribution < -0.4 is 5.32 Å². The predicted molar refractivity (Wildman–Crippen MR) is 159 cm³/mol. The molecule has 4 aromatic rings. The quantitative estimate of drug-likeness (QED) is 0.281. The summed E-state index contributed by atoms with van der Waals surface area (Å²) >= 11 is 3.40. The van der Waals surface area contributed by atoms with Crippen LogP contribution in [0.2, 0.25) is 0 Å². The van der Waals surface area contributed by atoms with Gasteiger partial charge in [-0.3, -0.25) is 19.3 Å². The Morgan fingerprint density at radius 2 is 1.86 bits per heavy atom. The van der Waals surface area contributed by atoms with E-state index in [0.717, 1.165) is 24.8 Å². The third kappa shape index (κ3) is 4.85. The lowest BCUT2D eigenvalue weighted by atomic mass is 10.0. The molecule has 0 spiro atoms. The van der Waals surface area contributed by atoms with Crippen molar-refractivity contribution in [2.45, 2.75) is 71.0 Å². The van der Waals surface area contributed by atoms with E-state index in [1.54, 1.807) is 37.2 Å². The monoisotopic (exact) mass is 644 g/mol. The van der Waals surface area contributed by atoms with Gasteiger partial charge < -0.3 is 15.3 Å². The molecule has 13 heteroatoms. The van der Waals surface area contributed by atoms with Crippen molar-refractivity contribution in [3.8, 4) is 11.3 Å². The van der Waals surface area contributed by atoms with Crippen LogP contribution in [0.25, 0.3) is 22.2 Å². The zero-order valence-corrected chi connectivity index (χ0v) is 25.4. The molecule has 3 atom stereocenters. The number of pyridine rings is 2.